The van der Waals surface area contributed by atoms with E-state index in [2.05, 4.69) is 0 Å². The zero-order chi connectivity index (χ0) is 9.97. The zero-order valence-corrected chi connectivity index (χ0v) is 7.98. The average Bonchev–Trinajstić information content (AvgIpc) is 2.61. The molecule has 1 aromatic rings. The van der Waals surface area contributed by atoms with Crippen molar-refractivity contribution in [3.63, 3.8) is 0 Å². The van der Waals surface area contributed by atoms with Crippen LogP contribution in [0.5, 0.6) is 0 Å². The number of nitrogens with two attached hydrogens (primary N) is 1. The highest BCUT2D eigenvalue weighted by Crippen LogP contribution is 2.10. The molecule has 0 aromatic carbocycles. The Balaban J connectivity index is 1.73. The topological polar surface area (TPSA) is 59.5 Å². The minimum atomic E-state index is 0.170. The number of nitrogens with zero attached hydrogens (tertiary/aromatic N) is 1. The van der Waals surface area contributed by atoms with Crippen LogP contribution in [-0.2, 0) is 11.2 Å². The lowest BCUT2D eigenvalue weighted by Crippen LogP contribution is -2.57. The van der Waals surface area contributed by atoms with Gasteiger partial charge in [0.25, 0.3) is 0 Å². The number of rotatable bonds is 3. The number of carbonyl (C=O) groups excluding carboxylic acids is 1. The van der Waals surface area contributed by atoms with E-state index in [1.165, 1.54) is 0 Å². The molecule has 1 amide bonds. The van der Waals surface area contributed by atoms with Crippen molar-refractivity contribution in [3.8, 4) is 0 Å². The second kappa shape index (κ2) is 3.84. The molecule has 0 aliphatic carbocycles. The smallest absolute Gasteiger partial charge is 0.223 e. The van der Waals surface area contributed by atoms with Crippen LogP contribution >= 0.6 is 0 Å². The van der Waals surface area contributed by atoms with Crippen LogP contribution in [0.2, 0.25) is 0 Å². The van der Waals surface area contributed by atoms with Gasteiger partial charge in [-0.25, -0.2) is 0 Å². The summed E-state index contributed by atoms with van der Waals surface area (Å²) in [5.74, 6) is 1.03. The second-order valence-corrected chi connectivity index (χ2v) is 3.64. The number of amides is 1. The summed E-state index contributed by atoms with van der Waals surface area (Å²) in [5.41, 5.74) is 5.59. The van der Waals surface area contributed by atoms with Crippen LogP contribution < -0.4 is 5.73 Å². The van der Waals surface area contributed by atoms with Gasteiger partial charge in [0.15, 0.2) is 0 Å². The first-order valence-electron chi connectivity index (χ1n) is 4.81. The highest BCUT2D eigenvalue weighted by atomic mass is 16.3. The second-order valence-electron chi connectivity index (χ2n) is 3.64. The third kappa shape index (κ3) is 1.96. The number of hydrogen-bond donors (Lipinski definition) is 1. The molecule has 1 aliphatic heterocycles. The summed E-state index contributed by atoms with van der Waals surface area (Å²) in [7, 11) is 0. The maximum Gasteiger partial charge on any atom is 0.223 e. The van der Waals surface area contributed by atoms with Gasteiger partial charge < -0.3 is 15.1 Å². The van der Waals surface area contributed by atoms with Gasteiger partial charge in [-0.3, -0.25) is 4.79 Å². The lowest BCUT2D eigenvalue weighted by Gasteiger charge is -2.36. The van der Waals surface area contributed by atoms with Gasteiger partial charge >= 0.3 is 0 Å². The van der Waals surface area contributed by atoms with E-state index < -0.39 is 0 Å². The van der Waals surface area contributed by atoms with Crippen LogP contribution in [0.15, 0.2) is 22.8 Å². The fourth-order valence-corrected chi connectivity index (χ4v) is 1.56. The number of hydrogen-bond acceptors (Lipinski definition) is 3. The molecule has 14 heavy (non-hydrogen) atoms. The molecule has 0 spiro atoms. The van der Waals surface area contributed by atoms with Crippen molar-refractivity contribution in [3.05, 3.63) is 24.2 Å². The summed E-state index contributed by atoms with van der Waals surface area (Å²) >= 11 is 0. The van der Waals surface area contributed by atoms with Crippen molar-refractivity contribution < 1.29 is 9.21 Å². The summed E-state index contributed by atoms with van der Waals surface area (Å²) in [4.78, 5) is 13.3. The largest absolute Gasteiger partial charge is 0.469 e. The monoisotopic (exact) mass is 194 g/mol. The van der Waals surface area contributed by atoms with Crippen molar-refractivity contribution >= 4 is 5.91 Å². The van der Waals surface area contributed by atoms with E-state index in [0.717, 1.165) is 5.76 Å². The Morgan fingerprint density at radius 2 is 2.43 bits per heavy atom. The summed E-state index contributed by atoms with van der Waals surface area (Å²) in [6.07, 6.45) is 2.82. The Bertz CT molecular complexity index is 302. The van der Waals surface area contributed by atoms with Gasteiger partial charge in [0.05, 0.1) is 6.26 Å². The molecule has 1 fully saturated rings. The van der Waals surface area contributed by atoms with Crippen molar-refractivity contribution in [2.24, 2.45) is 5.73 Å². The Morgan fingerprint density at radius 1 is 1.64 bits per heavy atom. The van der Waals surface area contributed by atoms with Gasteiger partial charge in [-0.1, -0.05) is 0 Å². The van der Waals surface area contributed by atoms with Crippen LogP contribution in [0.4, 0.5) is 0 Å². The molecule has 0 radical (unpaired) electrons. The lowest BCUT2D eigenvalue weighted by molar-refractivity contribution is -0.135. The van der Waals surface area contributed by atoms with Gasteiger partial charge in [-0.15, -0.1) is 0 Å². The van der Waals surface area contributed by atoms with Gasteiger partial charge in [0, 0.05) is 32.0 Å². The molecule has 76 valence electrons. The number of likely N-dealkylation sites (tertiary alicyclic amines) is 1. The SMILES string of the molecule is NC1CN(C(=O)CCc2ccco2)C1. The van der Waals surface area contributed by atoms with Crippen molar-refractivity contribution in [1.82, 2.24) is 4.90 Å². The maximum absolute atomic E-state index is 11.5. The fourth-order valence-electron chi connectivity index (χ4n) is 1.56. The maximum atomic E-state index is 11.5. The summed E-state index contributed by atoms with van der Waals surface area (Å²) in [6, 6.07) is 3.90. The summed E-state index contributed by atoms with van der Waals surface area (Å²) in [6.45, 7) is 1.41. The van der Waals surface area contributed by atoms with Crippen molar-refractivity contribution in [1.29, 1.82) is 0 Å². The number of carbonyl (C=O) groups is 1. The van der Waals surface area contributed by atoms with Gasteiger partial charge in [-0.05, 0) is 12.1 Å². The fraction of sp³-hybridized carbons (Fsp3) is 0.500. The summed E-state index contributed by atoms with van der Waals surface area (Å²) in [5, 5.41) is 0. The van der Waals surface area contributed by atoms with Crippen LogP contribution in [0.25, 0.3) is 0 Å². The number of furan rings is 1. The molecule has 0 atom stereocenters. The van der Waals surface area contributed by atoms with Crippen molar-refractivity contribution in [2.75, 3.05) is 13.1 Å². The van der Waals surface area contributed by atoms with Gasteiger partial charge in [0.2, 0.25) is 5.91 Å². The molecule has 1 saturated heterocycles. The Kier molecular flexibility index (Phi) is 2.54. The lowest BCUT2D eigenvalue weighted by atomic mass is 10.1. The van der Waals surface area contributed by atoms with E-state index in [-0.39, 0.29) is 11.9 Å². The molecule has 2 heterocycles. The quantitative estimate of drug-likeness (QED) is 0.756. The molecule has 0 unspecified atom stereocenters. The highest BCUT2D eigenvalue weighted by molar-refractivity contribution is 5.77. The minimum absolute atomic E-state index is 0.170. The average molecular weight is 194 g/mol. The van der Waals surface area contributed by atoms with Crippen molar-refractivity contribution in [2.45, 2.75) is 18.9 Å². The van der Waals surface area contributed by atoms with Gasteiger partial charge in [0.1, 0.15) is 5.76 Å². The molecule has 2 rings (SSSR count). The first-order valence-corrected chi connectivity index (χ1v) is 4.81. The Hall–Kier alpha value is -1.29. The third-order valence-electron chi connectivity index (χ3n) is 2.43. The molecule has 4 nitrogen and oxygen atoms in total. The molecule has 0 bridgehead atoms. The minimum Gasteiger partial charge on any atom is -0.469 e. The molecule has 0 saturated carbocycles. The molecular weight excluding hydrogens is 180 g/mol. The third-order valence-corrected chi connectivity index (χ3v) is 2.43. The standard InChI is InChI=1S/C10H14N2O2/c11-8-6-12(7-8)10(13)4-3-9-2-1-5-14-9/h1-2,5,8H,3-4,6-7,11H2. The van der Waals surface area contributed by atoms with E-state index in [1.54, 1.807) is 11.2 Å². The molecule has 4 heteroatoms. The predicted octanol–water partition coefficient (Wildman–Crippen LogP) is 0.382. The van der Waals surface area contributed by atoms with E-state index in [9.17, 15) is 4.79 Å². The first-order chi connectivity index (χ1) is 6.75. The van der Waals surface area contributed by atoms with Crippen LogP contribution in [0, 0.1) is 0 Å². The predicted molar refractivity (Wildman–Crippen MR) is 51.6 cm³/mol. The molecule has 2 N–H and O–H groups in total. The van der Waals surface area contributed by atoms with E-state index in [4.69, 9.17) is 10.2 Å². The van der Waals surface area contributed by atoms with E-state index in [0.29, 0.717) is 25.9 Å². The molecule has 1 aliphatic rings. The molecular formula is C10H14N2O2. The highest BCUT2D eigenvalue weighted by Gasteiger charge is 2.26. The van der Waals surface area contributed by atoms with Crippen LogP contribution in [0.3, 0.4) is 0 Å². The summed E-state index contributed by atoms with van der Waals surface area (Å²) < 4.78 is 5.14. The van der Waals surface area contributed by atoms with Gasteiger partial charge in [-0.2, -0.15) is 0 Å². The van der Waals surface area contributed by atoms with E-state index in [1.807, 2.05) is 12.1 Å². The van der Waals surface area contributed by atoms with Crippen LogP contribution in [-0.4, -0.2) is 29.9 Å². The Morgan fingerprint density at radius 3 is 3.00 bits per heavy atom. The normalized spacial score (nSPS) is 16.8. The molecule has 1 aromatic heterocycles. The van der Waals surface area contributed by atoms with E-state index >= 15 is 0 Å². The first kappa shape index (κ1) is 9.27. The van der Waals surface area contributed by atoms with Crippen LogP contribution in [0.1, 0.15) is 12.2 Å². The Labute approximate surface area is 82.7 Å². The number of aryl methyl sites for hydroxylation is 1. The zero-order valence-electron chi connectivity index (χ0n) is 7.98.